The first-order chi connectivity index (χ1) is 16.8. The molecule has 186 valence electrons. The van der Waals surface area contributed by atoms with Crippen LogP contribution >= 0.6 is 11.6 Å². The Morgan fingerprint density at radius 2 is 1.80 bits per heavy atom. The zero-order valence-electron chi connectivity index (χ0n) is 20.2. The lowest BCUT2D eigenvalue weighted by molar-refractivity contribution is -0.145. The van der Waals surface area contributed by atoms with Crippen molar-refractivity contribution in [2.75, 3.05) is 56.0 Å². The number of nitrogens with zero attached hydrogens (tertiary/aromatic N) is 3. The summed E-state index contributed by atoms with van der Waals surface area (Å²) in [5, 5.41) is 6.36. The average molecular weight is 498 g/mol. The summed E-state index contributed by atoms with van der Waals surface area (Å²) in [5.74, 6) is -0.700. The second-order valence-electron chi connectivity index (χ2n) is 9.19. The van der Waals surface area contributed by atoms with Crippen LogP contribution in [0.3, 0.4) is 0 Å². The van der Waals surface area contributed by atoms with Crippen LogP contribution in [0.2, 0.25) is 5.02 Å². The van der Waals surface area contributed by atoms with Gasteiger partial charge in [-0.3, -0.25) is 19.3 Å². The Bertz CT molecular complexity index is 1100. The molecule has 0 spiro atoms. The van der Waals surface area contributed by atoms with Crippen molar-refractivity contribution in [1.29, 1.82) is 0 Å². The quantitative estimate of drug-likeness (QED) is 0.640. The monoisotopic (exact) mass is 497 g/mol. The Morgan fingerprint density at radius 1 is 1.03 bits per heavy atom. The first-order valence-corrected chi connectivity index (χ1v) is 12.3. The van der Waals surface area contributed by atoms with Crippen molar-refractivity contribution in [2.45, 2.75) is 26.3 Å². The summed E-state index contributed by atoms with van der Waals surface area (Å²) in [7, 11) is 0. The summed E-state index contributed by atoms with van der Waals surface area (Å²) in [4.78, 5) is 44.4. The van der Waals surface area contributed by atoms with Crippen LogP contribution in [-0.2, 0) is 14.4 Å². The number of carbonyl (C=O) groups is 3. The van der Waals surface area contributed by atoms with E-state index < -0.39 is 6.04 Å². The molecule has 2 fully saturated rings. The number of anilines is 2. The highest BCUT2D eigenvalue weighted by molar-refractivity contribution is 6.30. The fourth-order valence-corrected chi connectivity index (χ4v) is 4.73. The predicted molar refractivity (Wildman–Crippen MR) is 138 cm³/mol. The van der Waals surface area contributed by atoms with Crippen LogP contribution in [0.25, 0.3) is 0 Å². The van der Waals surface area contributed by atoms with Crippen LogP contribution in [0, 0.1) is 13.8 Å². The van der Waals surface area contributed by atoms with Gasteiger partial charge < -0.3 is 20.4 Å². The maximum atomic E-state index is 13.2. The lowest BCUT2D eigenvalue weighted by Gasteiger charge is -2.39. The molecule has 4 rings (SSSR count). The smallest absolute Gasteiger partial charge is 0.243 e. The molecule has 3 amide bonds. The molecule has 1 atom stereocenters. The van der Waals surface area contributed by atoms with Crippen LogP contribution in [0.15, 0.2) is 42.5 Å². The van der Waals surface area contributed by atoms with E-state index in [1.165, 1.54) is 0 Å². The minimum absolute atomic E-state index is 0.0763. The number of benzene rings is 2. The van der Waals surface area contributed by atoms with Crippen molar-refractivity contribution >= 4 is 40.7 Å². The lowest BCUT2D eigenvalue weighted by atomic mass is 10.1. The molecule has 2 heterocycles. The minimum atomic E-state index is -0.810. The molecule has 2 aliphatic rings. The van der Waals surface area contributed by atoms with E-state index in [1.54, 1.807) is 4.90 Å². The fourth-order valence-electron chi connectivity index (χ4n) is 4.54. The average Bonchev–Trinajstić information content (AvgIpc) is 2.83. The molecule has 2 aliphatic heterocycles. The number of carbonyl (C=O) groups excluding carboxylic acids is 3. The number of rotatable bonds is 6. The highest BCUT2D eigenvalue weighted by atomic mass is 35.5. The van der Waals surface area contributed by atoms with Gasteiger partial charge in [-0.25, -0.2) is 0 Å². The van der Waals surface area contributed by atoms with Gasteiger partial charge in [-0.15, -0.1) is 0 Å². The minimum Gasteiger partial charge on any atom is -0.369 e. The molecule has 0 radical (unpaired) electrons. The van der Waals surface area contributed by atoms with E-state index in [0.29, 0.717) is 23.8 Å². The molecule has 0 aliphatic carbocycles. The molecule has 35 heavy (non-hydrogen) atoms. The van der Waals surface area contributed by atoms with E-state index in [0.717, 1.165) is 43.0 Å². The summed E-state index contributed by atoms with van der Waals surface area (Å²) in [6, 6.07) is 12.6. The van der Waals surface area contributed by atoms with Gasteiger partial charge >= 0.3 is 0 Å². The maximum Gasteiger partial charge on any atom is 0.243 e. The van der Waals surface area contributed by atoms with Crippen molar-refractivity contribution < 1.29 is 14.4 Å². The van der Waals surface area contributed by atoms with E-state index in [4.69, 9.17) is 11.6 Å². The van der Waals surface area contributed by atoms with E-state index in [1.807, 2.05) is 56.3 Å². The van der Waals surface area contributed by atoms with Gasteiger partial charge in [-0.2, -0.15) is 0 Å². The number of nitrogens with one attached hydrogen (secondary N) is 2. The summed E-state index contributed by atoms with van der Waals surface area (Å²) in [6.45, 7) is 8.05. The topological polar surface area (TPSA) is 85.0 Å². The van der Waals surface area contributed by atoms with Gasteiger partial charge in [-0.05, 0) is 55.3 Å². The van der Waals surface area contributed by atoms with Gasteiger partial charge in [0.05, 0.1) is 13.0 Å². The third-order valence-electron chi connectivity index (χ3n) is 6.73. The van der Waals surface area contributed by atoms with Gasteiger partial charge in [0, 0.05) is 55.7 Å². The SMILES string of the molecule is Cc1ccc(NC(=O)C[C@H]2C(=O)NCCN2C(=O)CN2CCN(c3cccc(Cl)c3)CC2)cc1C. The molecule has 2 aromatic rings. The summed E-state index contributed by atoms with van der Waals surface area (Å²) < 4.78 is 0. The van der Waals surface area contributed by atoms with Crippen molar-refractivity contribution in [3.63, 3.8) is 0 Å². The molecule has 9 heteroatoms. The van der Waals surface area contributed by atoms with Crippen molar-refractivity contribution in [2.24, 2.45) is 0 Å². The number of piperazine rings is 2. The molecule has 0 bridgehead atoms. The summed E-state index contributed by atoms with van der Waals surface area (Å²) >= 11 is 6.12. The van der Waals surface area contributed by atoms with E-state index >= 15 is 0 Å². The Labute approximate surface area is 211 Å². The molecule has 2 aromatic carbocycles. The van der Waals surface area contributed by atoms with E-state index in [9.17, 15) is 14.4 Å². The fraction of sp³-hybridized carbons (Fsp3) is 0.423. The summed E-state index contributed by atoms with van der Waals surface area (Å²) in [5.41, 5.74) is 3.97. The first-order valence-electron chi connectivity index (χ1n) is 12.0. The Kier molecular flexibility index (Phi) is 7.93. The molecule has 2 saturated heterocycles. The van der Waals surface area contributed by atoms with Crippen LogP contribution in [0.5, 0.6) is 0 Å². The van der Waals surface area contributed by atoms with Crippen molar-refractivity contribution in [3.05, 3.63) is 58.6 Å². The Morgan fingerprint density at radius 3 is 2.51 bits per heavy atom. The van der Waals surface area contributed by atoms with Gasteiger partial charge in [0.2, 0.25) is 17.7 Å². The molecule has 8 nitrogen and oxygen atoms in total. The molecule has 0 saturated carbocycles. The molecule has 2 N–H and O–H groups in total. The number of halogens is 1. The number of hydrogen-bond donors (Lipinski definition) is 2. The summed E-state index contributed by atoms with van der Waals surface area (Å²) in [6.07, 6.45) is -0.0763. The third kappa shape index (κ3) is 6.32. The van der Waals surface area contributed by atoms with Gasteiger partial charge in [0.25, 0.3) is 0 Å². The second-order valence-corrected chi connectivity index (χ2v) is 9.62. The van der Waals surface area contributed by atoms with Crippen LogP contribution < -0.4 is 15.5 Å². The number of amides is 3. The Balaban J connectivity index is 1.33. The molecular weight excluding hydrogens is 466 g/mol. The number of aryl methyl sites for hydroxylation is 2. The molecule has 0 unspecified atom stereocenters. The van der Waals surface area contributed by atoms with Crippen molar-refractivity contribution in [1.82, 2.24) is 15.1 Å². The van der Waals surface area contributed by atoms with Gasteiger partial charge in [0.15, 0.2) is 0 Å². The van der Waals surface area contributed by atoms with Crippen molar-refractivity contribution in [3.8, 4) is 0 Å². The standard InChI is InChI=1S/C26H32ClN5O3/c1-18-6-7-21(14-19(18)2)29-24(33)16-23-26(35)28-8-9-32(23)25(34)17-30-10-12-31(13-11-30)22-5-3-4-20(27)15-22/h3-7,14-15,23H,8-13,16-17H2,1-2H3,(H,28,35)(H,29,33)/t23-/m0/s1. The largest absolute Gasteiger partial charge is 0.369 e. The van der Waals surface area contributed by atoms with Crippen LogP contribution in [-0.4, -0.2) is 79.4 Å². The highest BCUT2D eigenvalue weighted by Gasteiger charge is 2.35. The predicted octanol–water partition coefficient (Wildman–Crippen LogP) is 2.43. The highest BCUT2D eigenvalue weighted by Crippen LogP contribution is 2.21. The van der Waals surface area contributed by atoms with Crippen LogP contribution in [0.1, 0.15) is 17.5 Å². The normalized spacial score (nSPS) is 18.8. The number of hydrogen-bond acceptors (Lipinski definition) is 5. The molecule has 0 aromatic heterocycles. The van der Waals surface area contributed by atoms with Gasteiger partial charge in [0.1, 0.15) is 6.04 Å². The van der Waals surface area contributed by atoms with Crippen LogP contribution in [0.4, 0.5) is 11.4 Å². The lowest BCUT2D eigenvalue weighted by Crippen LogP contribution is -2.60. The first kappa shape index (κ1) is 25.0. The maximum absolute atomic E-state index is 13.2. The zero-order valence-corrected chi connectivity index (χ0v) is 21.0. The Hall–Kier alpha value is -3.10. The van der Waals surface area contributed by atoms with Gasteiger partial charge in [-0.1, -0.05) is 23.7 Å². The van der Waals surface area contributed by atoms with E-state index in [2.05, 4.69) is 20.4 Å². The van der Waals surface area contributed by atoms with E-state index in [-0.39, 0.29) is 30.7 Å². The molecular formula is C26H32ClN5O3. The second kappa shape index (κ2) is 11.1. The third-order valence-corrected chi connectivity index (χ3v) is 6.96. The zero-order chi connectivity index (χ0) is 24.9.